The molecular weight excluding hydrogens is 166 g/mol. The van der Waals surface area contributed by atoms with Crippen molar-refractivity contribution in [2.24, 2.45) is 22.5 Å². The van der Waals surface area contributed by atoms with Crippen LogP contribution in [-0.4, -0.2) is 19.1 Å². The molecule has 0 radical (unpaired) electrons. The van der Waals surface area contributed by atoms with Gasteiger partial charge in [-0.15, -0.1) is 0 Å². The molecule has 72 valence electrons. The van der Waals surface area contributed by atoms with E-state index in [-0.39, 0.29) is 5.91 Å². The molecule has 0 atom stereocenters. The number of amides is 1. The van der Waals surface area contributed by atoms with E-state index in [1.165, 1.54) is 19.3 Å². The average Bonchev–Trinajstić information content (AvgIpc) is 1.74. The molecule has 3 saturated carbocycles. The minimum Gasteiger partial charge on any atom is -0.381 e. The summed E-state index contributed by atoms with van der Waals surface area (Å²) < 4.78 is 5.20. The fraction of sp³-hybridized carbons (Fsp3) is 0.900. The first-order valence-corrected chi connectivity index (χ1v) is 5.00. The third kappa shape index (κ3) is 0.857. The maximum Gasteiger partial charge on any atom is 0.217 e. The van der Waals surface area contributed by atoms with Gasteiger partial charge in [-0.3, -0.25) is 4.79 Å². The second-order valence-corrected chi connectivity index (χ2v) is 5.27. The van der Waals surface area contributed by atoms with Crippen LogP contribution in [0.5, 0.6) is 0 Å². The third-order valence-corrected chi connectivity index (χ3v) is 4.23. The topological polar surface area (TPSA) is 52.3 Å². The Morgan fingerprint density at radius 2 is 2.00 bits per heavy atom. The van der Waals surface area contributed by atoms with Gasteiger partial charge >= 0.3 is 0 Å². The van der Waals surface area contributed by atoms with Gasteiger partial charge in [-0.1, -0.05) is 0 Å². The quantitative estimate of drug-likeness (QED) is 0.696. The van der Waals surface area contributed by atoms with Crippen LogP contribution < -0.4 is 5.73 Å². The maximum absolute atomic E-state index is 10.8. The van der Waals surface area contributed by atoms with E-state index < -0.39 is 0 Å². The molecule has 0 aromatic carbocycles. The average molecular weight is 181 g/mol. The number of rotatable bonds is 3. The number of carbonyl (C=O) groups is 1. The van der Waals surface area contributed by atoms with Crippen LogP contribution >= 0.6 is 0 Å². The summed E-state index contributed by atoms with van der Waals surface area (Å²) in [5, 5.41) is 0. The van der Waals surface area contributed by atoms with E-state index in [1.54, 1.807) is 0 Å². The summed E-state index contributed by atoms with van der Waals surface area (Å²) in [4.78, 5) is 10.8. The van der Waals surface area contributed by atoms with E-state index in [2.05, 4.69) is 0 Å². The van der Waals surface area contributed by atoms with Crippen LogP contribution in [0, 0.1) is 16.7 Å². The van der Waals surface area contributed by atoms with Crippen molar-refractivity contribution in [1.29, 1.82) is 0 Å². The van der Waals surface area contributed by atoms with Gasteiger partial charge in [0, 0.05) is 12.3 Å². The van der Waals surface area contributed by atoms with E-state index in [1.807, 2.05) is 0 Å². The first-order valence-electron chi connectivity index (χ1n) is 5.00. The van der Waals surface area contributed by atoms with Gasteiger partial charge in [-0.05, 0) is 30.1 Å². The summed E-state index contributed by atoms with van der Waals surface area (Å²) in [5.74, 6) is 0.667. The second kappa shape index (κ2) is 2.08. The Morgan fingerprint density at radius 3 is 2.38 bits per heavy atom. The summed E-state index contributed by atoms with van der Waals surface area (Å²) in [6.45, 7) is 1.90. The van der Waals surface area contributed by atoms with Crippen LogP contribution in [0.15, 0.2) is 0 Å². The molecule has 3 heteroatoms. The normalized spacial score (nSPS) is 47.4. The molecule has 0 unspecified atom stereocenters. The number of hydrogen-bond donors (Lipinski definition) is 1. The lowest BCUT2D eigenvalue weighted by Crippen LogP contribution is -2.68. The van der Waals surface area contributed by atoms with Gasteiger partial charge in [0.25, 0.3) is 0 Å². The molecule has 4 aliphatic rings. The van der Waals surface area contributed by atoms with E-state index in [0.29, 0.717) is 17.3 Å². The molecule has 0 aromatic rings. The molecule has 1 heterocycles. The molecule has 2 bridgehead atoms. The standard InChI is InChI=1S/C10H15NO2/c11-8(12)1-9-4-10(5-9,6-9)7-2-13-3-7/h7H,1-6H2,(H2,11,12). The Bertz CT molecular complexity index is 250. The second-order valence-electron chi connectivity index (χ2n) is 5.27. The maximum atomic E-state index is 10.8. The molecule has 1 aliphatic heterocycles. The lowest BCUT2D eigenvalue weighted by molar-refractivity contribution is -0.279. The molecule has 4 fully saturated rings. The molecule has 0 spiro atoms. The third-order valence-electron chi connectivity index (χ3n) is 4.23. The van der Waals surface area contributed by atoms with Gasteiger partial charge in [0.1, 0.15) is 0 Å². The summed E-state index contributed by atoms with van der Waals surface area (Å²) >= 11 is 0. The molecule has 4 rings (SSSR count). The number of carbonyl (C=O) groups excluding carboxylic acids is 1. The highest BCUT2D eigenvalue weighted by Gasteiger charge is 2.70. The zero-order valence-electron chi connectivity index (χ0n) is 7.71. The Morgan fingerprint density at radius 1 is 1.38 bits per heavy atom. The first kappa shape index (κ1) is 7.80. The van der Waals surface area contributed by atoms with Crippen molar-refractivity contribution in [2.75, 3.05) is 13.2 Å². The van der Waals surface area contributed by atoms with Crippen LogP contribution in [-0.2, 0) is 9.53 Å². The van der Waals surface area contributed by atoms with Crippen LogP contribution in [0.25, 0.3) is 0 Å². The van der Waals surface area contributed by atoms with Crippen LogP contribution in [0.3, 0.4) is 0 Å². The van der Waals surface area contributed by atoms with Crippen LogP contribution in [0.1, 0.15) is 25.7 Å². The number of nitrogens with two attached hydrogens (primary N) is 1. The lowest BCUT2D eigenvalue weighted by atomic mass is 9.31. The molecular formula is C10H15NO2. The Labute approximate surface area is 77.6 Å². The Kier molecular flexibility index (Phi) is 1.25. The van der Waals surface area contributed by atoms with E-state index in [4.69, 9.17) is 10.5 Å². The largest absolute Gasteiger partial charge is 0.381 e. The predicted octanol–water partition coefficient (Wildman–Crippen LogP) is 0.678. The van der Waals surface area contributed by atoms with Crippen molar-refractivity contribution in [1.82, 2.24) is 0 Å². The van der Waals surface area contributed by atoms with Crippen molar-refractivity contribution in [3.8, 4) is 0 Å². The van der Waals surface area contributed by atoms with Crippen molar-refractivity contribution in [3.63, 3.8) is 0 Å². The summed E-state index contributed by atoms with van der Waals surface area (Å²) in [6.07, 6.45) is 4.31. The highest BCUT2D eigenvalue weighted by atomic mass is 16.5. The number of hydrogen-bond acceptors (Lipinski definition) is 2. The van der Waals surface area contributed by atoms with Gasteiger partial charge in [-0.2, -0.15) is 0 Å². The predicted molar refractivity (Wildman–Crippen MR) is 46.8 cm³/mol. The minimum atomic E-state index is -0.127. The minimum absolute atomic E-state index is 0.127. The monoisotopic (exact) mass is 181 g/mol. The van der Waals surface area contributed by atoms with Crippen molar-refractivity contribution in [3.05, 3.63) is 0 Å². The van der Waals surface area contributed by atoms with E-state index >= 15 is 0 Å². The lowest BCUT2D eigenvalue weighted by Gasteiger charge is -2.74. The number of ether oxygens (including phenoxy) is 1. The van der Waals surface area contributed by atoms with Crippen molar-refractivity contribution in [2.45, 2.75) is 25.7 Å². The summed E-state index contributed by atoms with van der Waals surface area (Å²) in [7, 11) is 0. The fourth-order valence-corrected chi connectivity index (χ4v) is 3.66. The van der Waals surface area contributed by atoms with E-state index in [0.717, 1.165) is 19.1 Å². The molecule has 3 nitrogen and oxygen atoms in total. The Balaban J connectivity index is 1.60. The summed E-state index contributed by atoms with van der Waals surface area (Å²) in [6, 6.07) is 0. The Hall–Kier alpha value is -0.570. The first-order chi connectivity index (χ1) is 6.14. The van der Waals surface area contributed by atoms with Gasteiger partial charge in [0.05, 0.1) is 13.2 Å². The molecule has 0 aromatic heterocycles. The van der Waals surface area contributed by atoms with Gasteiger partial charge in [0.2, 0.25) is 5.91 Å². The molecule has 2 N–H and O–H groups in total. The zero-order valence-corrected chi connectivity index (χ0v) is 7.71. The highest BCUT2D eigenvalue weighted by Crippen LogP contribution is 2.78. The van der Waals surface area contributed by atoms with E-state index in [9.17, 15) is 4.79 Å². The van der Waals surface area contributed by atoms with Gasteiger partial charge in [0.15, 0.2) is 0 Å². The smallest absolute Gasteiger partial charge is 0.217 e. The van der Waals surface area contributed by atoms with Crippen LogP contribution in [0.2, 0.25) is 0 Å². The fourth-order valence-electron chi connectivity index (χ4n) is 3.66. The van der Waals surface area contributed by atoms with Crippen molar-refractivity contribution >= 4 is 5.91 Å². The summed E-state index contributed by atoms with van der Waals surface area (Å²) in [5.41, 5.74) is 6.13. The van der Waals surface area contributed by atoms with Gasteiger partial charge in [-0.25, -0.2) is 0 Å². The zero-order chi connectivity index (χ0) is 9.10. The molecule has 1 amide bonds. The van der Waals surface area contributed by atoms with Crippen molar-refractivity contribution < 1.29 is 9.53 Å². The molecule has 3 aliphatic carbocycles. The van der Waals surface area contributed by atoms with Crippen LogP contribution in [0.4, 0.5) is 0 Å². The van der Waals surface area contributed by atoms with Gasteiger partial charge < -0.3 is 10.5 Å². The highest BCUT2D eigenvalue weighted by molar-refractivity contribution is 5.75. The molecule has 13 heavy (non-hydrogen) atoms. The molecule has 1 saturated heterocycles. The SMILES string of the molecule is NC(=O)CC12CC(C3COC3)(C1)C2. The number of primary amides is 1.